The number of piperidine rings is 1. The van der Waals surface area contributed by atoms with Crippen LogP contribution >= 0.6 is 0 Å². The molecule has 1 N–H and O–H groups in total. The third kappa shape index (κ3) is 5.98. The van der Waals surface area contributed by atoms with Crippen molar-refractivity contribution in [1.29, 1.82) is 0 Å². The molecule has 1 atom stereocenters. The second kappa shape index (κ2) is 12.0. The molecule has 0 saturated carbocycles. The number of hydrogen-bond donors (Lipinski definition) is 1. The minimum absolute atomic E-state index is 0.0372. The van der Waals surface area contributed by atoms with Gasteiger partial charge in [-0.25, -0.2) is 9.18 Å². The highest BCUT2D eigenvalue weighted by atomic mass is 19.1. The van der Waals surface area contributed by atoms with Crippen LogP contribution in [0.1, 0.15) is 44.2 Å². The Morgan fingerprint density at radius 1 is 1.03 bits per heavy atom. The van der Waals surface area contributed by atoms with Gasteiger partial charge >= 0.3 is 6.03 Å². The Hall–Kier alpha value is -2.68. The molecule has 8 heteroatoms. The summed E-state index contributed by atoms with van der Waals surface area (Å²) in [5.41, 5.74) is 1.79. The predicted molar refractivity (Wildman–Crippen MR) is 143 cm³/mol. The first-order chi connectivity index (χ1) is 18.4. The lowest BCUT2D eigenvalue weighted by molar-refractivity contribution is -0.0540. The van der Waals surface area contributed by atoms with Gasteiger partial charge in [0, 0.05) is 19.5 Å². The van der Waals surface area contributed by atoms with Gasteiger partial charge in [-0.3, -0.25) is 0 Å². The number of nitrogens with one attached hydrogen (secondary N) is 1. The molecule has 2 aromatic rings. The van der Waals surface area contributed by atoms with E-state index in [0.717, 1.165) is 42.8 Å². The van der Waals surface area contributed by atoms with Gasteiger partial charge in [0.1, 0.15) is 11.6 Å². The Morgan fingerprint density at radius 2 is 1.68 bits per heavy atom. The van der Waals surface area contributed by atoms with E-state index in [2.05, 4.69) is 36.2 Å². The van der Waals surface area contributed by atoms with Gasteiger partial charge in [0.15, 0.2) is 6.29 Å². The van der Waals surface area contributed by atoms with Crippen LogP contribution in [0.2, 0.25) is 0 Å². The highest BCUT2D eigenvalue weighted by molar-refractivity contribution is 5.79. The number of carbonyl (C=O) groups excluding carboxylic acids is 1. The van der Waals surface area contributed by atoms with Gasteiger partial charge in [-0.05, 0) is 73.7 Å². The Bertz CT molecular complexity index is 1050. The maximum atomic E-state index is 14.2. The van der Waals surface area contributed by atoms with Crippen LogP contribution in [0, 0.1) is 11.7 Å². The lowest BCUT2D eigenvalue weighted by atomic mass is 9.78. The number of hydrogen-bond acceptors (Lipinski definition) is 5. The normalized spacial score (nSPS) is 21.7. The molecule has 3 aliphatic heterocycles. The second-order valence-electron chi connectivity index (χ2n) is 11.1. The van der Waals surface area contributed by atoms with Crippen LogP contribution in [0.3, 0.4) is 0 Å². The van der Waals surface area contributed by atoms with E-state index in [-0.39, 0.29) is 29.7 Å². The monoisotopic (exact) mass is 525 g/mol. The van der Waals surface area contributed by atoms with Crippen LogP contribution in [0.15, 0.2) is 48.5 Å². The molecule has 5 rings (SSSR count). The number of urea groups is 1. The van der Waals surface area contributed by atoms with E-state index in [9.17, 15) is 9.18 Å². The first kappa shape index (κ1) is 26.9. The van der Waals surface area contributed by atoms with E-state index in [1.807, 2.05) is 29.2 Å². The molecule has 0 unspecified atom stereocenters. The van der Waals surface area contributed by atoms with Gasteiger partial charge in [0.05, 0.1) is 31.4 Å². The lowest BCUT2D eigenvalue weighted by Gasteiger charge is -2.45. The summed E-state index contributed by atoms with van der Waals surface area (Å²) in [6.45, 7) is 8.94. The van der Waals surface area contributed by atoms with Crippen molar-refractivity contribution < 1.29 is 23.4 Å². The lowest BCUT2D eigenvalue weighted by Crippen LogP contribution is -2.58. The standard InChI is InChI=1S/C30H40FN3O4/c1-22(2)21-38-26-9-5-24(6-10-26)20-33-27(19-23-3-7-25(31)8-4-23)30(12-14-32-15-13-30)34(29(33)35)16-11-28-36-17-18-37-28/h3-10,22,27-28,32H,11-21H2,1-2H3/t27-/m1/s1. The van der Waals surface area contributed by atoms with Crippen molar-refractivity contribution in [2.24, 2.45) is 5.92 Å². The summed E-state index contributed by atoms with van der Waals surface area (Å²) in [4.78, 5) is 18.3. The number of halogens is 1. The molecule has 3 aliphatic rings. The second-order valence-corrected chi connectivity index (χ2v) is 11.1. The zero-order valence-corrected chi connectivity index (χ0v) is 22.5. The molecule has 0 aromatic heterocycles. The maximum Gasteiger partial charge on any atom is 0.321 e. The molecule has 206 valence electrons. The van der Waals surface area contributed by atoms with E-state index < -0.39 is 0 Å². The molecule has 2 amide bonds. The molecule has 3 saturated heterocycles. The summed E-state index contributed by atoms with van der Waals surface area (Å²) in [7, 11) is 0. The molecule has 3 heterocycles. The van der Waals surface area contributed by atoms with E-state index in [4.69, 9.17) is 14.2 Å². The fourth-order valence-corrected chi connectivity index (χ4v) is 6.01. The Labute approximate surface area is 225 Å². The predicted octanol–water partition coefficient (Wildman–Crippen LogP) is 4.59. The smallest absolute Gasteiger partial charge is 0.321 e. The Kier molecular flexibility index (Phi) is 8.51. The molecule has 2 aromatic carbocycles. The fraction of sp³-hybridized carbons (Fsp3) is 0.567. The molecule has 0 bridgehead atoms. The topological polar surface area (TPSA) is 63.3 Å². The summed E-state index contributed by atoms with van der Waals surface area (Å²) in [5, 5.41) is 3.48. The average molecular weight is 526 g/mol. The number of amides is 2. The van der Waals surface area contributed by atoms with Gasteiger partial charge in [-0.1, -0.05) is 38.1 Å². The van der Waals surface area contributed by atoms with Crippen molar-refractivity contribution in [2.75, 3.05) is 39.5 Å². The molecule has 3 fully saturated rings. The molecule has 0 aliphatic carbocycles. The molecule has 38 heavy (non-hydrogen) atoms. The van der Waals surface area contributed by atoms with E-state index in [0.29, 0.717) is 51.7 Å². The number of rotatable bonds is 10. The molecular formula is C30H40FN3O4. The van der Waals surface area contributed by atoms with Crippen molar-refractivity contribution >= 4 is 6.03 Å². The summed E-state index contributed by atoms with van der Waals surface area (Å²) >= 11 is 0. The van der Waals surface area contributed by atoms with Crippen molar-refractivity contribution in [2.45, 2.75) is 63.9 Å². The number of carbonyl (C=O) groups is 1. The van der Waals surface area contributed by atoms with Crippen LogP contribution < -0.4 is 10.1 Å². The van der Waals surface area contributed by atoms with E-state index in [1.54, 1.807) is 0 Å². The Morgan fingerprint density at radius 3 is 2.34 bits per heavy atom. The number of benzene rings is 2. The Balaban J connectivity index is 1.42. The number of nitrogens with zero attached hydrogens (tertiary/aromatic N) is 2. The zero-order chi connectivity index (χ0) is 26.5. The van der Waals surface area contributed by atoms with E-state index in [1.165, 1.54) is 12.1 Å². The van der Waals surface area contributed by atoms with Crippen molar-refractivity contribution in [3.63, 3.8) is 0 Å². The fourth-order valence-electron chi connectivity index (χ4n) is 6.01. The van der Waals surface area contributed by atoms with Gasteiger partial charge < -0.3 is 29.3 Å². The summed E-state index contributed by atoms with van der Waals surface area (Å²) in [5.74, 6) is 1.05. The third-order valence-corrected chi connectivity index (χ3v) is 7.96. The summed E-state index contributed by atoms with van der Waals surface area (Å²) < 4.78 is 30.9. The van der Waals surface area contributed by atoms with Crippen LogP contribution in [-0.4, -0.2) is 73.2 Å². The van der Waals surface area contributed by atoms with Crippen LogP contribution in [-0.2, 0) is 22.4 Å². The minimum atomic E-state index is -0.310. The number of ether oxygens (including phenoxy) is 3. The van der Waals surface area contributed by atoms with E-state index >= 15 is 0 Å². The van der Waals surface area contributed by atoms with Crippen LogP contribution in [0.4, 0.5) is 9.18 Å². The maximum absolute atomic E-state index is 14.2. The first-order valence-corrected chi connectivity index (χ1v) is 13.9. The third-order valence-electron chi connectivity index (χ3n) is 7.96. The largest absolute Gasteiger partial charge is 0.493 e. The highest BCUT2D eigenvalue weighted by Crippen LogP contribution is 2.42. The van der Waals surface area contributed by atoms with Gasteiger partial charge in [0.25, 0.3) is 0 Å². The van der Waals surface area contributed by atoms with Gasteiger partial charge in [-0.2, -0.15) is 0 Å². The van der Waals surface area contributed by atoms with Crippen LogP contribution in [0.5, 0.6) is 5.75 Å². The summed E-state index contributed by atoms with van der Waals surface area (Å²) in [6.07, 6.45) is 2.81. The summed E-state index contributed by atoms with van der Waals surface area (Å²) in [6, 6.07) is 14.8. The van der Waals surface area contributed by atoms with Gasteiger partial charge in [0.2, 0.25) is 0 Å². The molecule has 1 spiro atoms. The molecule has 7 nitrogen and oxygen atoms in total. The molecular weight excluding hydrogens is 485 g/mol. The zero-order valence-electron chi connectivity index (χ0n) is 22.5. The van der Waals surface area contributed by atoms with Crippen molar-refractivity contribution in [1.82, 2.24) is 15.1 Å². The average Bonchev–Trinajstić information content (AvgIpc) is 3.51. The van der Waals surface area contributed by atoms with Crippen molar-refractivity contribution in [3.8, 4) is 5.75 Å². The van der Waals surface area contributed by atoms with Gasteiger partial charge in [-0.15, -0.1) is 0 Å². The SMILES string of the molecule is CC(C)COc1ccc(CN2C(=O)N(CCC3OCCO3)C3(CCNCC3)[C@H]2Cc2ccc(F)cc2)cc1. The first-order valence-electron chi connectivity index (χ1n) is 13.9. The van der Waals surface area contributed by atoms with Crippen molar-refractivity contribution in [3.05, 3.63) is 65.5 Å². The van der Waals surface area contributed by atoms with Crippen LogP contribution in [0.25, 0.3) is 0 Å². The highest BCUT2D eigenvalue weighted by Gasteiger charge is 2.56. The minimum Gasteiger partial charge on any atom is -0.493 e. The quantitative estimate of drug-likeness (QED) is 0.492. The molecule has 0 radical (unpaired) electrons.